The van der Waals surface area contributed by atoms with Crippen LogP contribution in [0.1, 0.15) is 276 Å². The van der Waals surface area contributed by atoms with Crippen LogP contribution in [0.4, 0.5) is 0 Å². The van der Waals surface area contributed by atoms with Crippen molar-refractivity contribution in [3.05, 3.63) is 0 Å². The molecule has 12 fully saturated rings. The molecule has 516 valence electrons. The molecule has 0 radical (unpaired) electrons. The van der Waals surface area contributed by atoms with Crippen molar-refractivity contribution in [3.8, 4) is 0 Å². The molecule has 0 N–H and O–H groups in total. The first-order chi connectivity index (χ1) is 42.3. The second-order valence-electron chi connectivity index (χ2n) is 35.0. The molecule has 0 atom stereocenters. The lowest BCUT2D eigenvalue weighted by Crippen LogP contribution is -2.36. The Kier molecular flexibility index (Phi) is 25.7. The van der Waals surface area contributed by atoms with Gasteiger partial charge in [0.05, 0.1) is 32.5 Å². The highest BCUT2D eigenvalue weighted by Gasteiger charge is 2.52. The normalized spacial score (nSPS) is 36.9. The molecule has 6 amide bonds. The molecule has 6 heterocycles. The minimum atomic E-state index is 0.0557. The van der Waals surface area contributed by atoms with Crippen LogP contribution in [-0.2, 0) is 28.8 Å². The quantitative estimate of drug-likeness (QED) is 0.261. The Morgan fingerprint density at radius 3 is 0.378 bits per heavy atom. The Balaban J connectivity index is 0.000000154. The molecule has 6 aliphatic carbocycles. The molecular formula is C78H138N6O6. The number of hydrogen-bond donors (Lipinski definition) is 0. The van der Waals surface area contributed by atoms with Gasteiger partial charge in [-0.15, -0.1) is 0 Å². The van der Waals surface area contributed by atoms with E-state index in [9.17, 15) is 28.8 Å². The maximum absolute atomic E-state index is 12.1. The third kappa shape index (κ3) is 16.7. The molecule has 12 rings (SSSR count). The third-order valence-electron chi connectivity index (χ3n) is 27.9. The fourth-order valence-corrected chi connectivity index (χ4v) is 19.9. The van der Waals surface area contributed by atoms with Crippen molar-refractivity contribution in [2.45, 2.75) is 276 Å². The van der Waals surface area contributed by atoms with Crippen molar-refractivity contribution < 1.29 is 28.8 Å². The zero-order valence-corrected chi connectivity index (χ0v) is 61.5. The van der Waals surface area contributed by atoms with E-state index in [2.05, 4.69) is 83.1 Å². The van der Waals surface area contributed by atoms with E-state index in [0.29, 0.717) is 35.4 Å². The second kappa shape index (κ2) is 31.1. The average Bonchev–Trinajstić information content (AvgIpc) is 2.50. The largest absolute Gasteiger partial charge is 0.345 e. The van der Waals surface area contributed by atoms with Crippen LogP contribution in [-0.4, -0.2) is 146 Å². The molecule has 90 heavy (non-hydrogen) atoms. The molecule has 6 saturated carbocycles. The highest BCUT2D eigenvalue weighted by Crippen LogP contribution is 2.53. The molecule has 12 nitrogen and oxygen atoms in total. The summed E-state index contributed by atoms with van der Waals surface area (Å²) in [6.45, 7) is 33.6. The van der Waals surface area contributed by atoms with Crippen LogP contribution in [0.5, 0.6) is 0 Å². The van der Waals surface area contributed by atoms with E-state index < -0.39 is 0 Å². The highest BCUT2D eigenvalue weighted by molar-refractivity contribution is 5.87. The summed E-state index contributed by atoms with van der Waals surface area (Å²) in [6, 6.07) is 0. The van der Waals surface area contributed by atoms with Crippen LogP contribution >= 0.6 is 0 Å². The standard InChI is InChI=1S/6C13H23NO/c6*1-10(2)11-4-6-13(7-5-11)8-9-14(3)12(13)15/h6*10-11H,4-9H2,1-3H3. The summed E-state index contributed by atoms with van der Waals surface area (Å²) >= 11 is 0. The van der Waals surface area contributed by atoms with Gasteiger partial charge in [0, 0.05) is 81.6 Å². The van der Waals surface area contributed by atoms with E-state index >= 15 is 0 Å². The van der Waals surface area contributed by atoms with Crippen LogP contribution in [0.15, 0.2) is 0 Å². The molecule has 0 aromatic carbocycles. The minimum absolute atomic E-state index is 0.0557. The number of rotatable bonds is 6. The summed E-state index contributed by atoms with van der Waals surface area (Å²) in [6.07, 6.45) is 35.4. The van der Waals surface area contributed by atoms with E-state index in [-0.39, 0.29) is 32.5 Å². The Morgan fingerprint density at radius 2 is 0.311 bits per heavy atom. The zero-order valence-electron chi connectivity index (χ0n) is 61.5. The number of carbonyl (C=O) groups is 6. The molecule has 6 aliphatic heterocycles. The molecule has 6 saturated heterocycles. The first-order valence-corrected chi connectivity index (χ1v) is 37.8. The van der Waals surface area contributed by atoms with Gasteiger partial charge < -0.3 is 29.4 Å². The fourth-order valence-electron chi connectivity index (χ4n) is 19.9. The number of nitrogens with zero attached hydrogens (tertiary/aromatic N) is 6. The van der Waals surface area contributed by atoms with E-state index in [1.807, 2.05) is 71.7 Å². The Morgan fingerprint density at radius 1 is 0.211 bits per heavy atom. The SMILES string of the molecule is CC(C)C1CCC2(CC1)CCN(C)C2=O.CC(C)C1CCC2(CC1)CCN(C)C2=O.CC(C)C1CCC2(CC1)CCN(C)C2=O.CC(C)C1CCC2(CC1)CCN(C)C2=O.CC(C)C1CCC2(CC1)CCN(C)C2=O.CC(C)C1CCC2(CC1)CCN(C)C2=O. The fraction of sp³-hybridized carbons (Fsp3) is 0.923. The van der Waals surface area contributed by atoms with Gasteiger partial charge in [0.25, 0.3) is 0 Å². The van der Waals surface area contributed by atoms with Gasteiger partial charge in [-0.25, -0.2) is 0 Å². The summed E-state index contributed by atoms with van der Waals surface area (Å²) in [7, 11) is 11.7. The van der Waals surface area contributed by atoms with Gasteiger partial charge in [-0.2, -0.15) is 0 Å². The van der Waals surface area contributed by atoms with Gasteiger partial charge in [-0.1, -0.05) is 83.1 Å². The molecule has 0 unspecified atom stereocenters. The van der Waals surface area contributed by atoms with Crippen molar-refractivity contribution in [1.29, 1.82) is 0 Å². The summed E-state index contributed by atoms with van der Waals surface area (Å²) in [5, 5.41) is 0. The lowest BCUT2D eigenvalue weighted by Gasteiger charge is -2.37. The third-order valence-corrected chi connectivity index (χ3v) is 27.9. The minimum Gasteiger partial charge on any atom is -0.345 e. The molecule has 0 aromatic heterocycles. The summed E-state index contributed by atoms with van der Waals surface area (Å²) in [4.78, 5) is 84.1. The summed E-state index contributed by atoms with van der Waals surface area (Å²) in [5.74, 6) is 12.4. The molecule has 6 spiro atoms. The smallest absolute Gasteiger partial charge is 0.228 e. The zero-order chi connectivity index (χ0) is 66.3. The topological polar surface area (TPSA) is 122 Å². The van der Waals surface area contributed by atoms with Crippen LogP contribution in [0, 0.1) is 104 Å². The molecule has 12 aliphatic rings. The molecule has 12 heteroatoms. The van der Waals surface area contributed by atoms with Crippen molar-refractivity contribution in [1.82, 2.24) is 29.4 Å². The van der Waals surface area contributed by atoms with Gasteiger partial charge >= 0.3 is 0 Å². The van der Waals surface area contributed by atoms with E-state index in [1.54, 1.807) is 0 Å². The molecular weight excluding hydrogens is 1120 g/mol. The van der Waals surface area contributed by atoms with Crippen LogP contribution in [0.2, 0.25) is 0 Å². The first-order valence-electron chi connectivity index (χ1n) is 37.8. The monoisotopic (exact) mass is 1260 g/mol. The molecule has 0 bridgehead atoms. The lowest BCUT2D eigenvalue weighted by molar-refractivity contribution is -0.137. The second-order valence-corrected chi connectivity index (χ2v) is 35.0. The van der Waals surface area contributed by atoms with E-state index in [1.165, 1.54) is 77.0 Å². The maximum atomic E-state index is 12.1. The average molecular weight is 1260 g/mol. The van der Waals surface area contributed by atoms with Gasteiger partial charge in [-0.05, 0) is 264 Å². The van der Waals surface area contributed by atoms with Crippen LogP contribution < -0.4 is 0 Å². The lowest BCUT2D eigenvalue weighted by atomic mass is 9.67. The maximum Gasteiger partial charge on any atom is 0.228 e. The highest BCUT2D eigenvalue weighted by atomic mass is 16.2. The van der Waals surface area contributed by atoms with Crippen LogP contribution in [0.25, 0.3) is 0 Å². The predicted octanol–water partition coefficient (Wildman–Crippen LogP) is 16.1. The van der Waals surface area contributed by atoms with Crippen LogP contribution in [0.3, 0.4) is 0 Å². The number of carbonyl (C=O) groups excluding carboxylic acids is 6. The van der Waals surface area contributed by atoms with Gasteiger partial charge in [0.15, 0.2) is 0 Å². The van der Waals surface area contributed by atoms with E-state index in [4.69, 9.17) is 0 Å². The van der Waals surface area contributed by atoms with Gasteiger partial charge in [-0.3, -0.25) is 28.8 Å². The Labute approximate surface area is 551 Å². The Hall–Kier alpha value is -3.18. The van der Waals surface area contributed by atoms with Crippen molar-refractivity contribution >= 4 is 35.4 Å². The van der Waals surface area contributed by atoms with Crippen molar-refractivity contribution in [2.24, 2.45) is 104 Å². The summed E-state index contributed by atoms with van der Waals surface area (Å²) < 4.78 is 0. The Bertz CT molecular complexity index is 1930. The predicted molar refractivity (Wildman–Crippen MR) is 369 cm³/mol. The van der Waals surface area contributed by atoms with Crippen molar-refractivity contribution in [3.63, 3.8) is 0 Å². The van der Waals surface area contributed by atoms with Crippen molar-refractivity contribution in [2.75, 3.05) is 81.6 Å². The number of likely N-dealkylation sites (tertiary alicyclic amines) is 6. The van der Waals surface area contributed by atoms with Gasteiger partial charge in [0.1, 0.15) is 0 Å². The number of amides is 6. The summed E-state index contributed by atoms with van der Waals surface area (Å²) in [5.41, 5.74) is 0.334. The van der Waals surface area contributed by atoms with E-state index in [0.717, 1.165) is 226 Å². The number of hydrogen-bond acceptors (Lipinski definition) is 6. The molecule has 0 aromatic rings. The first kappa shape index (κ1) is 74.2. The van der Waals surface area contributed by atoms with Gasteiger partial charge in [0.2, 0.25) is 35.4 Å².